The third kappa shape index (κ3) is 14.6. The molecule has 5 saturated heterocycles. The Bertz CT molecular complexity index is 1820. The van der Waals surface area contributed by atoms with Crippen LogP contribution in [-0.4, -0.2) is 334 Å². The molecular formula is C42H73N3O31. The highest BCUT2D eigenvalue weighted by molar-refractivity contribution is 5.74. The Morgan fingerprint density at radius 2 is 0.789 bits per heavy atom. The number of hydrogen-bond donors (Lipinski definition) is 21. The normalized spacial score (nSPS) is 43.8. The third-order valence-corrected chi connectivity index (χ3v) is 13.3. The van der Waals surface area contributed by atoms with Crippen molar-refractivity contribution in [2.24, 2.45) is 0 Å². The van der Waals surface area contributed by atoms with Crippen LogP contribution in [0.15, 0.2) is 0 Å². The van der Waals surface area contributed by atoms with Gasteiger partial charge in [-0.25, -0.2) is 0 Å². The summed E-state index contributed by atoms with van der Waals surface area (Å²) >= 11 is 0. The molecule has 5 rings (SSSR count). The van der Waals surface area contributed by atoms with Gasteiger partial charge in [-0.2, -0.15) is 0 Å². The van der Waals surface area contributed by atoms with Crippen molar-refractivity contribution in [1.82, 2.24) is 16.0 Å². The zero-order valence-corrected chi connectivity index (χ0v) is 41.0. The molecule has 0 saturated carbocycles. The van der Waals surface area contributed by atoms with Crippen LogP contribution in [-0.2, 0) is 61.8 Å². The number of ether oxygens (including phenoxy) is 10. The predicted octanol–water partition coefficient (Wildman–Crippen LogP) is -14.0. The first kappa shape index (κ1) is 64.1. The number of aliphatic hydroxyl groups excluding tert-OH is 18. The number of rotatable bonds is 23. The highest BCUT2D eigenvalue weighted by Gasteiger charge is 2.58. The fraction of sp³-hybridized carbons (Fsp3) is 0.929. The van der Waals surface area contributed by atoms with Gasteiger partial charge in [-0.1, -0.05) is 0 Å². The summed E-state index contributed by atoms with van der Waals surface area (Å²) in [5.74, 6) is -2.46. The van der Waals surface area contributed by atoms with Crippen LogP contribution in [0, 0.1) is 0 Å². The summed E-state index contributed by atoms with van der Waals surface area (Å²) in [4.78, 5) is 36.8. The number of nitrogens with one attached hydrogen (secondary N) is 3. The van der Waals surface area contributed by atoms with E-state index in [9.17, 15) is 106 Å². The van der Waals surface area contributed by atoms with Gasteiger partial charge >= 0.3 is 0 Å². The van der Waals surface area contributed by atoms with Crippen LogP contribution in [0.25, 0.3) is 0 Å². The summed E-state index contributed by atoms with van der Waals surface area (Å²) < 4.78 is 57.3. The number of carbonyl (C=O) groups excluding carboxylic acids is 3. The smallest absolute Gasteiger partial charge is 0.217 e. The molecule has 34 nitrogen and oxygen atoms in total. The van der Waals surface area contributed by atoms with E-state index in [1.807, 2.05) is 0 Å². The minimum atomic E-state index is -2.23. The van der Waals surface area contributed by atoms with Gasteiger partial charge in [-0.05, 0) is 0 Å². The van der Waals surface area contributed by atoms with Crippen molar-refractivity contribution in [3.05, 3.63) is 0 Å². The molecule has 0 bridgehead atoms. The van der Waals surface area contributed by atoms with Crippen molar-refractivity contribution < 1.29 is 154 Å². The number of aliphatic hydroxyl groups is 18. The largest absolute Gasteiger partial charge is 0.394 e. The molecule has 29 atom stereocenters. The highest BCUT2D eigenvalue weighted by Crippen LogP contribution is 2.36. The van der Waals surface area contributed by atoms with Gasteiger partial charge < -0.3 is 155 Å². The predicted molar refractivity (Wildman–Crippen MR) is 236 cm³/mol. The fourth-order valence-electron chi connectivity index (χ4n) is 9.32. The molecule has 3 amide bonds. The highest BCUT2D eigenvalue weighted by atomic mass is 16.8. The van der Waals surface area contributed by atoms with E-state index in [1.54, 1.807) is 0 Å². The van der Waals surface area contributed by atoms with Gasteiger partial charge in [0.05, 0.1) is 52.3 Å². The summed E-state index contributed by atoms with van der Waals surface area (Å²) in [6.45, 7) is -4.00. The van der Waals surface area contributed by atoms with Crippen molar-refractivity contribution in [2.75, 3.05) is 46.2 Å². The topological polar surface area (TPSA) is 544 Å². The Balaban J connectivity index is 1.38. The molecular weight excluding hydrogens is 1040 g/mol. The van der Waals surface area contributed by atoms with E-state index in [1.165, 1.54) is 0 Å². The monoisotopic (exact) mass is 1120 g/mol. The van der Waals surface area contributed by atoms with Crippen molar-refractivity contribution >= 4 is 17.7 Å². The van der Waals surface area contributed by atoms with Gasteiger partial charge in [-0.3, -0.25) is 14.4 Å². The number of carbonyl (C=O) groups is 3. The molecule has 0 spiro atoms. The maximum atomic E-state index is 12.6. The van der Waals surface area contributed by atoms with E-state index in [2.05, 4.69) is 16.0 Å². The van der Waals surface area contributed by atoms with E-state index in [0.29, 0.717) is 0 Å². The standard InChI is InChI=1S/C42H73N3O31/c1-11(53)43-14(4-46)23(57)33(15(56)5-47)72-41-31(65)36(25(59)17(7-49)68-41)75-39-22(45-13(3)55)28(62)35(20(10-52)71-39)74-42-32(66)37(26(60)18(8-50)69-42)76-38-21(44-12(2)54)27(61)34(19(9-51)70-38)73-40-30(64)29(63)24(58)16(6-48)67-40/h14-42,46-52,56-66H,4-10H2,1-3H3,(H,43,53)(H,44,54)(H,45,55)/t14-,15+,16+,17+,18+,19+,20+,21+,22+,23+,24-,25-,26-,27+,28+,29-,30+,31+,32+,33+,34+,35+,36-,37-,38-,39-,40-,41-,42-/m0/s1. The van der Waals surface area contributed by atoms with Gasteiger partial charge in [0, 0.05) is 20.8 Å². The number of hydrogen-bond acceptors (Lipinski definition) is 31. The van der Waals surface area contributed by atoms with Crippen molar-refractivity contribution in [2.45, 2.75) is 199 Å². The minimum Gasteiger partial charge on any atom is -0.394 e. The Morgan fingerprint density at radius 3 is 1.17 bits per heavy atom. The van der Waals surface area contributed by atoms with Gasteiger partial charge in [0.2, 0.25) is 17.7 Å². The van der Waals surface area contributed by atoms with Crippen LogP contribution in [0.1, 0.15) is 20.8 Å². The van der Waals surface area contributed by atoms with Crippen LogP contribution in [0.3, 0.4) is 0 Å². The van der Waals surface area contributed by atoms with Crippen LogP contribution >= 0.6 is 0 Å². The summed E-state index contributed by atoms with van der Waals surface area (Å²) in [7, 11) is 0. The van der Waals surface area contributed by atoms with Crippen LogP contribution in [0.4, 0.5) is 0 Å². The minimum absolute atomic E-state index is 0.739. The molecule has 0 aromatic carbocycles. The Labute approximate surface area is 431 Å². The first-order valence-electron chi connectivity index (χ1n) is 24.0. The van der Waals surface area contributed by atoms with E-state index in [-0.39, 0.29) is 0 Å². The molecule has 76 heavy (non-hydrogen) atoms. The Morgan fingerprint density at radius 1 is 0.421 bits per heavy atom. The summed E-state index contributed by atoms with van der Waals surface area (Å²) in [6, 6.07) is -5.10. The van der Waals surface area contributed by atoms with Gasteiger partial charge in [0.25, 0.3) is 0 Å². The first-order chi connectivity index (χ1) is 35.9. The molecule has 442 valence electrons. The summed E-state index contributed by atoms with van der Waals surface area (Å²) in [5.41, 5.74) is 0. The van der Waals surface area contributed by atoms with Gasteiger partial charge in [0.1, 0.15) is 140 Å². The summed E-state index contributed by atoms with van der Waals surface area (Å²) in [6.07, 6.45) is -50.5. The van der Waals surface area contributed by atoms with Gasteiger partial charge in [0.15, 0.2) is 31.5 Å². The quantitative estimate of drug-likeness (QED) is 0.0452. The SMILES string of the molecule is CC(=O)N[C@H]1[C@H](O[C@H]2[C@@H](O)[C@@H](CO)O[C@@H](O[C@H]3[C@H](O)[C@@H](NC(C)=O)[C@H](O[C@H]4[C@@H](O)[C@@H](CO)O[C@@H](O[C@@H]([C@H](O)[C@H](CO)NC(C)=O)[C@H](O)CO)[C@@H]4O)O[C@@H]3CO)[C@@H]2O)O[C@H](CO)[C@@H](O[C@@H]2O[C@H](CO)[C@H](O)[C@H](O)[C@H]2O)[C@@H]1O. The van der Waals surface area contributed by atoms with Crippen molar-refractivity contribution in [3.63, 3.8) is 0 Å². The lowest BCUT2D eigenvalue weighted by Crippen LogP contribution is -2.70. The zero-order chi connectivity index (χ0) is 56.6. The molecule has 5 fully saturated rings. The second-order valence-corrected chi connectivity index (χ2v) is 18.7. The Hall–Kier alpha value is -2.71. The van der Waals surface area contributed by atoms with E-state index >= 15 is 0 Å². The third-order valence-electron chi connectivity index (χ3n) is 13.3. The lowest BCUT2D eigenvalue weighted by molar-refractivity contribution is -0.384. The molecule has 21 N–H and O–H groups in total. The molecule has 5 aliphatic heterocycles. The maximum Gasteiger partial charge on any atom is 0.217 e. The lowest BCUT2D eigenvalue weighted by Gasteiger charge is -2.50. The molecule has 0 aliphatic carbocycles. The van der Waals surface area contributed by atoms with E-state index < -0.39 is 242 Å². The Kier molecular flexibility index (Phi) is 24.1. The zero-order valence-electron chi connectivity index (χ0n) is 41.0. The first-order valence-corrected chi connectivity index (χ1v) is 24.0. The van der Waals surface area contributed by atoms with Crippen molar-refractivity contribution in [1.29, 1.82) is 0 Å². The average molecular weight is 1120 g/mol. The number of amides is 3. The van der Waals surface area contributed by atoms with Crippen molar-refractivity contribution in [3.8, 4) is 0 Å². The van der Waals surface area contributed by atoms with E-state index in [0.717, 1.165) is 20.8 Å². The summed E-state index contributed by atoms with van der Waals surface area (Å²) in [5, 5.41) is 200. The maximum absolute atomic E-state index is 12.6. The second kappa shape index (κ2) is 28.6. The van der Waals surface area contributed by atoms with Crippen LogP contribution < -0.4 is 16.0 Å². The molecule has 5 heterocycles. The lowest BCUT2D eigenvalue weighted by atomic mass is 9.94. The average Bonchev–Trinajstić information content (AvgIpc) is 3.39. The fourth-order valence-corrected chi connectivity index (χ4v) is 9.32. The molecule has 5 aliphatic rings. The van der Waals surface area contributed by atoms with Crippen LogP contribution in [0.2, 0.25) is 0 Å². The van der Waals surface area contributed by atoms with Gasteiger partial charge in [-0.15, -0.1) is 0 Å². The molecule has 0 unspecified atom stereocenters. The molecule has 0 aromatic rings. The van der Waals surface area contributed by atoms with E-state index in [4.69, 9.17) is 47.4 Å². The molecule has 34 heteroatoms. The van der Waals surface area contributed by atoms with Crippen LogP contribution in [0.5, 0.6) is 0 Å². The molecule has 0 radical (unpaired) electrons. The molecule has 0 aromatic heterocycles. The second-order valence-electron chi connectivity index (χ2n) is 18.7.